The van der Waals surface area contributed by atoms with Gasteiger partial charge in [-0.05, 0) is 0 Å². The van der Waals surface area contributed by atoms with Crippen molar-refractivity contribution in [2.24, 2.45) is 0 Å². The normalized spacial score (nSPS) is 61.8. The molecule has 11 heavy (non-hydrogen) atoms. The van der Waals surface area contributed by atoms with Crippen molar-refractivity contribution in [3.63, 3.8) is 0 Å². The largest absolute Gasteiger partial charge is 0.471 e. The van der Waals surface area contributed by atoms with E-state index in [2.05, 4.69) is 39.1 Å². The molecule has 0 aromatic rings. The summed E-state index contributed by atoms with van der Waals surface area (Å²) in [6.07, 6.45) is -1.95. The van der Waals surface area contributed by atoms with E-state index < -0.39 is 24.3 Å². The van der Waals surface area contributed by atoms with Crippen molar-refractivity contribution >= 4 is 40.5 Å². The zero-order chi connectivity index (χ0) is 8.33. The highest BCUT2D eigenvalue weighted by molar-refractivity contribution is 8.29. The van der Waals surface area contributed by atoms with E-state index in [0.29, 0.717) is 0 Å². The van der Waals surface area contributed by atoms with Crippen LogP contribution in [0, 0.1) is 0 Å². The Hall–Kier alpha value is 0.580. The van der Waals surface area contributed by atoms with Crippen LogP contribution in [0.2, 0.25) is 0 Å². The molecule has 2 fully saturated rings. The molecule has 0 radical (unpaired) electrons. The number of hydrogen-bond donors (Lipinski definition) is 0. The highest BCUT2D eigenvalue weighted by atomic mass is 32.9. The lowest BCUT2D eigenvalue weighted by Crippen LogP contribution is -2.62. The fourth-order valence-electron chi connectivity index (χ4n) is 0.568. The molecule has 1 spiro atoms. The molecule has 0 aliphatic carbocycles. The third-order valence-electron chi connectivity index (χ3n) is 0.816. The van der Waals surface area contributed by atoms with Gasteiger partial charge in [0.05, 0.1) is 0 Å². The second-order valence-corrected chi connectivity index (χ2v) is 6.40. The van der Waals surface area contributed by atoms with Crippen molar-refractivity contribution in [3.05, 3.63) is 0 Å². The Morgan fingerprint density at radius 1 is 0.909 bits per heavy atom. The summed E-state index contributed by atoms with van der Waals surface area (Å²) in [6.45, 7) is 0. The van der Waals surface area contributed by atoms with Crippen LogP contribution in [-0.2, 0) is 57.2 Å². The van der Waals surface area contributed by atoms with Gasteiger partial charge in [0.1, 0.15) is 0 Å². The Labute approximate surface area is 71.9 Å². The van der Waals surface area contributed by atoms with Crippen LogP contribution in [-0.4, -0.2) is 14.6 Å². The summed E-state index contributed by atoms with van der Waals surface area (Å²) in [5.41, 5.74) is 0. The maximum absolute atomic E-state index is 10.5. The minimum Gasteiger partial charge on any atom is -0.198 e. The van der Waals surface area contributed by atoms with Crippen LogP contribution in [0.1, 0.15) is 0 Å². The molecule has 2 rings (SSSR count). The Morgan fingerprint density at radius 3 is 1.36 bits per heavy atom. The molecule has 0 amide bonds. The van der Waals surface area contributed by atoms with Gasteiger partial charge in [-0.15, -0.1) is 0 Å². The van der Waals surface area contributed by atoms with Gasteiger partial charge < -0.3 is 0 Å². The summed E-state index contributed by atoms with van der Waals surface area (Å²) in [5, 5.41) is 0. The van der Waals surface area contributed by atoms with Crippen molar-refractivity contribution in [2.75, 3.05) is 0 Å². The lowest BCUT2D eigenvalue weighted by molar-refractivity contribution is -0.444. The van der Waals surface area contributed by atoms with Crippen molar-refractivity contribution in [3.8, 4) is 0 Å². The van der Waals surface area contributed by atoms with Crippen molar-refractivity contribution in [2.45, 2.75) is 6.16 Å². The van der Waals surface area contributed by atoms with E-state index in [1.807, 2.05) is 0 Å². The fourth-order valence-corrected chi connectivity index (χ4v) is 3.04. The van der Waals surface area contributed by atoms with Crippen molar-refractivity contribution < 1.29 is 25.2 Å². The SMILES string of the molecule is O=S1(=S)OC2(O1)OS(=O)(=S)O2. The molecule has 2 heterocycles. The molecule has 64 valence electrons. The van der Waals surface area contributed by atoms with Crippen LogP contribution in [0.4, 0.5) is 0 Å². The molecule has 2 aliphatic heterocycles. The summed E-state index contributed by atoms with van der Waals surface area (Å²) in [7, 11) is -6.38. The molecular weight excluding hydrogens is 236 g/mol. The van der Waals surface area contributed by atoms with Gasteiger partial charge in [-0.3, -0.25) is 0 Å². The minimum atomic E-state index is -3.19. The molecule has 0 saturated carbocycles. The first-order valence-electron chi connectivity index (χ1n) is 2.15. The van der Waals surface area contributed by atoms with Crippen LogP contribution in [0.15, 0.2) is 0 Å². The molecule has 0 bridgehead atoms. The van der Waals surface area contributed by atoms with E-state index in [1.54, 1.807) is 0 Å². The van der Waals surface area contributed by atoms with Gasteiger partial charge in [-0.25, -0.2) is 0 Å². The Balaban J connectivity index is 2.15. The van der Waals surface area contributed by atoms with Gasteiger partial charge in [0, 0.05) is 22.4 Å². The zero-order valence-corrected chi connectivity index (χ0v) is 7.85. The van der Waals surface area contributed by atoms with E-state index in [4.69, 9.17) is 0 Å². The molecular formula is CO6S4. The van der Waals surface area contributed by atoms with E-state index >= 15 is 0 Å². The highest BCUT2D eigenvalue weighted by Gasteiger charge is 2.66. The molecule has 2 aliphatic rings. The average molecular weight is 236 g/mol. The lowest BCUT2D eigenvalue weighted by atomic mass is 11.2. The lowest BCUT2D eigenvalue weighted by Gasteiger charge is -2.43. The van der Waals surface area contributed by atoms with E-state index in [-0.39, 0.29) is 0 Å². The van der Waals surface area contributed by atoms with Crippen molar-refractivity contribution in [1.29, 1.82) is 0 Å². The third kappa shape index (κ3) is 1.29. The maximum atomic E-state index is 10.5. The third-order valence-corrected chi connectivity index (χ3v) is 3.27. The van der Waals surface area contributed by atoms with Crippen LogP contribution < -0.4 is 0 Å². The molecule has 10 heteroatoms. The first-order chi connectivity index (χ1) is 4.83. The van der Waals surface area contributed by atoms with Gasteiger partial charge in [0.2, 0.25) is 0 Å². The van der Waals surface area contributed by atoms with Gasteiger partial charge in [-0.1, -0.05) is 0 Å². The highest BCUT2D eigenvalue weighted by Crippen LogP contribution is 2.43. The average Bonchev–Trinajstić information content (AvgIpc) is 1.52. The summed E-state index contributed by atoms with van der Waals surface area (Å²) in [6, 6.07) is 0. The Morgan fingerprint density at radius 2 is 1.18 bits per heavy atom. The first-order valence-corrected chi connectivity index (χ1v) is 6.82. The molecule has 0 N–H and O–H groups in total. The van der Waals surface area contributed by atoms with Crippen LogP contribution >= 0.6 is 0 Å². The second-order valence-electron chi connectivity index (χ2n) is 1.65. The van der Waals surface area contributed by atoms with E-state index in [0.717, 1.165) is 0 Å². The molecule has 0 aromatic heterocycles. The first kappa shape index (κ1) is 8.19. The van der Waals surface area contributed by atoms with Gasteiger partial charge in [0.25, 0.3) is 18.1 Å². The summed E-state index contributed by atoms with van der Waals surface area (Å²) in [5.74, 6) is 0. The number of hydrogen-bond acceptors (Lipinski definition) is 8. The summed E-state index contributed by atoms with van der Waals surface area (Å²) < 4.78 is 38.4. The second kappa shape index (κ2) is 1.90. The molecule has 6 nitrogen and oxygen atoms in total. The van der Waals surface area contributed by atoms with Gasteiger partial charge in [-0.2, -0.15) is 25.2 Å². The van der Waals surface area contributed by atoms with Crippen molar-refractivity contribution in [1.82, 2.24) is 0 Å². The van der Waals surface area contributed by atoms with Gasteiger partial charge >= 0.3 is 6.16 Å². The quantitative estimate of drug-likeness (QED) is 0.522. The molecule has 0 unspecified atom stereocenters. The Kier molecular flexibility index (Phi) is 1.42. The summed E-state index contributed by atoms with van der Waals surface area (Å²) in [4.78, 5) is 0. The molecule has 0 aromatic carbocycles. The van der Waals surface area contributed by atoms with E-state index in [9.17, 15) is 8.42 Å². The van der Waals surface area contributed by atoms with Gasteiger partial charge in [0.15, 0.2) is 0 Å². The fraction of sp³-hybridized carbons (Fsp3) is 1.00. The monoisotopic (exact) mass is 236 g/mol. The summed E-state index contributed by atoms with van der Waals surface area (Å²) >= 11 is 8.39. The smallest absolute Gasteiger partial charge is 0.198 e. The predicted octanol–water partition coefficient (Wildman–Crippen LogP) is -1.16. The van der Waals surface area contributed by atoms with Crippen LogP contribution in [0.3, 0.4) is 0 Å². The topological polar surface area (TPSA) is 71.1 Å². The molecule has 0 atom stereocenters. The van der Waals surface area contributed by atoms with E-state index in [1.165, 1.54) is 0 Å². The zero-order valence-electron chi connectivity index (χ0n) is 4.58. The predicted molar refractivity (Wildman–Crippen MR) is 38.1 cm³/mol. The maximum Gasteiger partial charge on any atom is 0.471 e. The standard InChI is InChI=1S/CO6S4/c2-10(8)4-1(5-10)6-11(3,9)7-1. The van der Waals surface area contributed by atoms with Crippen LogP contribution in [0.25, 0.3) is 0 Å². The molecule has 2 saturated heterocycles. The van der Waals surface area contributed by atoms with Crippen LogP contribution in [0.5, 0.6) is 0 Å². The minimum absolute atomic E-state index is 1.95. The Bertz CT molecular complexity index is 319. The number of rotatable bonds is 0.